The molecule has 0 saturated heterocycles. The van der Waals surface area contributed by atoms with Crippen molar-refractivity contribution in [2.75, 3.05) is 20.1 Å². The number of carbonyl (C=O) groups excluding carboxylic acids is 1. The quantitative estimate of drug-likeness (QED) is 0.819. The highest BCUT2D eigenvalue weighted by molar-refractivity contribution is 5.94. The Morgan fingerprint density at radius 1 is 1.48 bits per heavy atom. The van der Waals surface area contributed by atoms with Crippen LogP contribution in [0.15, 0.2) is 18.2 Å². The number of nitrogens with two attached hydrogens (primary N) is 1. The maximum Gasteiger partial charge on any atom is 0.253 e. The van der Waals surface area contributed by atoms with Gasteiger partial charge in [-0.1, -0.05) is 17.9 Å². The van der Waals surface area contributed by atoms with E-state index >= 15 is 0 Å². The van der Waals surface area contributed by atoms with Crippen LogP contribution in [0.25, 0.3) is 0 Å². The molecule has 0 unspecified atom stereocenters. The van der Waals surface area contributed by atoms with Crippen molar-refractivity contribution in [2.45, 2.75) is 25.9 Å². The molecule has 0 spiro atoms. The van der Waals surface area contributed by atoms with Crippen molar-refractivity contribution in [2.24, 2.45) is 11.7 Å². The molecule has 21 heavy (non-hydrogen) atoms. The van der Waals surface area contributed by atoms with Gasteiger partial charge < -0.3 is 15.7 Å². The standard InChI is InChI=1S/C17H22N2O2/c1-12-5-6-15(10-14(12)4-3-7-18)17(21)19(2)11-13-8-16(20)9-13/h5-6,10,13,16,20H,7-9,11,18H2,1-2H3. The third-order valence-corrected chi connectivity index (χ3v) is 3.90. The third kappa shape index (κ3) is 3.84. The van der Waals surface area contributed by atoms with Gasteiger partial charge >= 0.3 is 0 Å². The zero-order chi connectivity index (χ0) is 15.4. The van der Waals surface area contributed by atoms with Crippen LogP contribution in [0.3, 0.4) is 0 Å². The van der Waals surface area contributed by atoms with Gasteiger partial charge in [0.05, 0.1) is 12.6 Å². The van der Waals surface area contributed by atoms with Gasteiger partial charge in [0.25, 0.3) is 5.91 Å². The van der Waals surface area contributed by atoms with Crippen molar-refractivity contribution in [3.05, 3.63) is 34.9 Å². The summed E-state index contributed by atoms with van der Waals surface area (Å²) < 4.78 is 0. The first-order valence-corrected chi connectivity index (χ1v) is 7.24. The number of nitrogens with zero attached hydrogens (tertiary/aromatic N) is 1. The molecule has 1 amide bonds. The van der Waals surface area contributed by atoms with E-state index in [1.165, 1.54) is 0 Å². The fourth-order valence-corrected chi connectivity index (χ4v) is 2.58. The number of rotatable bonds is 3. The highest BCUT2D eigenvalue weighted by atomic mass is 16.3. The van der Waals surface area contributed by atoms with Crippen molar-refractivity contribution < 1.29 is 9.90 Å². The summed E-state index contributed by atoms with van der Waals surface area (Å²) >= 11 is 0. The second kappa shape index (κ2) is 6.75. The molecule has 112 valence electrons. The SMILES string of the molecule is Cc1ccc(C(=O)N(C)CC2CC(O)C2)cc1C#CCN. The first-order valence-electron chi connectivity index (χ1n) is 7.24. The van der Waals surface area contributed by atoms with Crippen molar-refractivity contribution in [1.29, 1.82) is 0 Å². The van der Waals surface area contributed by atoms with Crippen molar-refractivity contribution in [1.82, 2.24) is 4.90 Å². The second-order valence-electron chi connectivity index (χ2n) is 5.71. The van der Waals surface area contributed by atoms with Crippen molar-refractivity contribution in [3.63, 3.8) is 0 Å². The van der Waals surface area contributed by atoms with Crippen molar-refractivity contribution >= 4 is 5.91 Å². The summed E-state index contributed by atoms with van der Waals surface area (Å²) in [6.07, 6.45) is 1.40. The second-order valence-corrected chi connectivity index (χ2v) is 5.71. The number of aryl methyl sites for hydroxylation is 1. The normalized spacial score (nSPS) is 20.2. The highest BCUT2D eigenvalue weighted by Gasteiger charge is 2.29. The average molecular weight is 286 g/mol. The maximum absolute atomic E-state index is 12.4. The van der Waals surface area contributed by atoms with Crippen LogP contribution in [-0.2, 0) is 0 Å². The molecule has 2 rings (SSSR count). The number of benzene rings is 1. The Kier molecular flexibility index (Phi) is 5.00. The first kappa shape index (κ1) is 15.6. The van der Waals surface area contributed by atoms with Gasteiger partial charge in [-0.3, -0.25) is 4.79 Å². The third-order valence-electron chi connectivity index (χ3n) is 3.90. The van der Waals surface area contributed by atoms with E-state index in [0.29, 0.717) is 24.6 Å². The Bertz CT molecular complexity index is 580. The van der Waals surface area contributed by atoms with Gasteiger partial charge in [-0.15, -0.1) is 0 Å². The lowest BCUT2D eigenvalue weighted by Gasteiger charge is -2.34. The van der Waals surface area contributed by atoms with Gasteiger partial charge in [0.1, 0.15) is 0 Å². The number of hydrogen-bond donors (Lipinski definition) is 2. The first-order chi connectivity index (χ1) is 10.0. The minimum Gasteiger partial charge on any atom is -0.393 e. The molecule has 1 aliphatic carbocycles. The summed E-state index contributed by atoms with van der Waals surface area (Å²) in [4.78, 5) is 14.2. The molecule has 1 aromatic rings. The number of aliphatic hydroxyl groups excluding tert-OH is 1. The number of carbonyl (C=O) groups is 1. The number of amides is 1. The summed E-state index contributed by atoms with van der Waals surface area (Å²) in [5, 5.41) is 9.31. The minimum absolute atomic E-state index is 0.00723. The maximum atomic E-state index is 12.4. The summed E-state index contributed by atoms with van der Waals surface area (Å²) in [6, 6.07) is 5.57. The molecule has 1 aromatic carbocycles. The number of aliphatic hydroxyl groups is 1. The molecule has 1 aliphatic rings. The Hall–Kier alpha value is -1.83. The van der Waals surface area contributed by atoms with E-state index in [0.717, 1.165) is 24.0 Å². The predicted molar refractivity (Wildman–Crippen MR) is 82.8 cm³/mol. The lowest BCUT2D eigenvalue weighted by atomic mass is 9.82. The lowest BCUT2D eigenvalue weighted by Crippen LogP contribution is -2.39. The van der Waals surface area contributed by atoms with E-state index in [-0.39, 0.29) is 12.0 Å². The smallest absolute Gasteiger partial charge is 0.253 e. The van der Waals surface area contributed by atoms with E-state index < -0.39 is 0 Å². The van der Waals surface area contributed by atoms with Crippen LogP contribution in [0.2, 0.25) is 0 Å². The molecule has 0 heterocycles. The highest BCUT2D eigenvalue weighted by Crippen LogP contribution is 2.28. The summed E-state index contributed by atoms with van der Waals surface area (Å²) in [5.41, 5.74) is 7.92. The van der Waals surface area contributed by atoms with Crippen LogP contribution < -0.4 is 5.73 Å². The van der Waals surface area contributed by atoms with E-state index in [4.69, 9.17) is 5.73 Å². The van der Waals surface area contributed by atoms with Crippen LogP contribution in [0, 0.1) is 24.7 Å². The fourth-order valence-electron chi connectivity index (χ4n) is 2.58. The molecule has 0 aromatic heterocycles. The minimum atomic E-state index is -0.184. The Morgan fingerprint density at radius 2 is 2.19 bits per heavy atom. The van der Waals surface area contributed by atoms with Gasteiger partial charge in [0.2, 0.25) is 0 Å². The zero-order valence-electron chi connectivity index (χ0n) is 12.6. The van der Waals surface area contributed by atoms with Crippen LogP contribution in [0.1, 0.15) is 34.3 Å². The largest absolute Gasteiger partial charge is 0.393 e. The monoisotopic (exact) mass is 286 g/mol. The number of hydrogen-bond acceptors (Lipinski definition) is 3. The van der Waals surface area contributed by atoms with Crippen LogP contribution in [0.5, 0.6) is 0 Å². The van der Waals surface area contributed by atoms with Gasteiger partial charge in [-0.25, -0.2) is 0 Å². The molecule has 4 heteroatoms. The van der Waals surface area contributed by atoms with Gasteiger partial charge in [0, 0.05) is 24.7 Å². The molecule has 1 fully saturated rings. The Balaban J connectivity index is 2.07. The molecular weight excluding hydrogens is 264 g/mol. The van der Waals surface area contributed by atoms with E-state index in [9.17, 15) is 9.90 Å². The van der Waals surface area contributed by atoms with Crippen molar-refractivity contribution in [3.8, 4) is 11.8 Å². The molecule has 0 bridgehead atoms. The summed E-state index contributed by atoms with van der Waals surface area (Å²) in [7, 11) is 1.80. The molecular formula is C17H22N2O2. The van der Waals surface area contributed by atoms with Gasteiger partial charge in [-0.05, 0) is 43.4 Å². The Labute approximate surface area is 125 Å². The summed E-state index contributed by atoms with van der Waals surface area (Å²) in [5.74, 6) is 6.22. The lowest BCUT2D eigenvalue weighted by molar-refractivity contribution is 0.0265. The molecule has 3 N–H and O–H groups in total. The fraction of sp³-hybridized carbons (Fsp3) is 0.471. The van der Waals surface area contributed by atoms with E-state index in [2.05, 4.69) is 11.8 Å². The van der Waals surface area contributed by atoms with Crippen LogP contribution >= 0.6 is 0 Å². The topological polar surface area (TPSA) is 66.6 Å². The van der Waals surface area contributed by atoms with E-state index in [1.54, 1.807) is 11.9 Å². The molecule has 4 nitrogen and oxygen atoms in total. The van der Waals surface area contributed by atoms with E-state index in [1.807, 2.05) is 25.1 Å². The van der Waals surface area contributed by atoms with Crippen LogP contribution in [-0.4, -0.2) is 42.2 Å². The summed E-state index contributed by atoms with van der Waals surface area (Å²) in [6.45, 7) is 2.96. The predicted octanol–water partition coefficient (Wildman–Crippen LogP) is 1.15. The molecule has 0 atom stereocenters. The van der Waals surface area contributed by atoms with Gasteiger partial charge in [0.15, 0.2) is 0 Å². The van der Waals surface area contributed by atoms with Gasteiger partial charge in [-0.2, -0.15) is 0 Å². The Morgan fingerprint density at radius 3 is 2.81 bits per heavy atom. The molecule has 0 aliphatic heterocycles. The van der Waals surface area contributed by atoms with Crippen LogP contribution in [0.4, 0.5) is 0 Å². The molecule has 1 saturated carbocycles. The molecule has 0 radical (unpaired) electrons. The average Bonchev–Trinajstić information content (AvgIpc) is 2.44. The zero-order valence-corrected chi connectivity index (χ0v) is 12.6.